The predicted molar refractivity (Wildman–Crippen MR) is 82.5 cm³/mol. The smallest absolute Gasteiger partial charge is 0.143 e. The molecule has 5 heteroatoms. The SMILES string of the molecule is Clc1cccc(C2CNc3cc(Br)ccc3O2)c1Cl. The highest BCUT2D eigenvalue weighted by Crippen LogP contribution is 2.39. The number of rotatable bonds is 1. The molecule has 3 rings (SSSR count). The molecular formula is C14H10BrCl2NO. The van der Waals surface area contributed by atoms with Crippen molar-refractivity contribution < 1.29 is 4.74 Å². The van der Waals surface area contributed by atoms with Crippen molar-refractivity contribution >= 4 is 44.8 Å². The van der Waals surface area contributed by atoms with Crippen molar-refractivity contribution in [2.75, 3.05) is 11.9 Å². The second-order valence-electron chi connectivity index (χ2n) is 4.27. The van der Waals surface area contributed by atoms with Gasteiger partial charge in [-0.25, -0.2) is 0 Å². The number of hydrogen-bond donors (Lipinski definition) is 1. The van der Waals surface area contributed by atoms with Crippen LogP contribution < -0.4 is 10.1 Å². The van der Waals surface area contributed by atoms with Crippen LogP contribution in [-0.2, 0) is 0 Å². The summed E-state index contributed by atoms with van der Waals surface area (Å²) in [4.78, 5) is 0. The number of halogens is 3. The Hall–Kier alpha value is -0.900. The van der Waals surface area contributed by atoms with Crippen molar-refractivity contribution in [3.8, 4) is 5.75 Å². The number of anilines is 1. The van der Waals surface area contributed by atoms with Crippen LogP contribution in [0.4, 0.5) is 5.69 Å². The van der Waals surface area contributed by atoms with Gasteiger partial charge in [0.05, 0.1) is 22.3 Å². The lowest BCUT2D eigenvalue weighted by Crippen LogP contribution is -2.23. The monoisotopic (exact) mass is 357 g/mol. The fourth-order valence-corrected chi connectivity index (χ4v) is 2.87. The van der Waals surface area contributed by atoms with Crippen molar-refractivity contribution in [2.45, 2.75) is 6.10 Å². The molecule has 1 N–H and O–H groups in total. The Balaban J connectivity index is 1.93. The molecule has 0 amide bonds. The molecule has 0 aliphatic carbocycles. The van der Waals surface area contributed by atoms with E-state index in [1.54, 1.807) is 6.07 Å². The number of nitrogens with one attached hydrogen (secondary N) is 1. The van der Waals surface area contributed by atoms with E-state index in [9.17, 15) is 0 Å². The molecule has 0 spiro atoms. The minimum atomic E-state index is -0.139. The molecule has 1 aliphatic heterocycles. The van der Waals surface area contributed by atoms with Gasteiger partial charge in [0.25, 0.3) is 0 Å². The highest BCUT2D eigenvalue weighted by Gasteiger charge is 2.23. The molecule has 98 valence electrons. The zero-order valence-electron chi connectivity index (χ0n) is 9.79. The molecule has 1 atom stereocenters. The van der Waals surface area contributed by atoms with Crippen molar-refractivity contribution in [2.24, 2.45) is 0 Å². The van der Waals surface area contributed by atoms with Crippen LogP contribution in [0.15, 0.2) is 40.9 Å². The lowest BCUT2D eigenvalue weighted by Gasteiger charge is -2.28. The van der Waals surface area contributed by atoms with E-state index in [1.165, 1.54) is 0 Å². The molecule has 0 fully saturated rings. The van der Waals surface area contributed by atoms with Gasteiger partial charge in [0.1, 0.15) is 11.9 Å². The summed E-state index contributed by atoms with van der Waals surface area (Å²) >= 11 is 15.7. The topological polar surface area (TPSA) is 21.3 Å². The van der Waals surface area contributed by atoms with Gasteiger partial charge in [0.15, 0.2) is 0 Å². The van der Waals surface area contributed by atoms with Gasteiger partial charge in [-0.05, 0) is 24.3 Å². The standard InChI is InChI=1S/C14H10BrCl2NO/c15-8-4-5-12-11(6-8)18-7-13(19-12)9-2-1-3-10(16)14(9)17/h1-6,13,18H,7H2. The second kappa shape index (κ2) is 5.23. The zero-order valence-corrected chi connectivity index (χ0v) is 12.9. The van der Waals surface area contributed by atoms with E-state index in [2.05, 4.69) is 21.2 Å². The van der Waals surface area contributed by atoms with Gasteiger partial charge in [0.2, 0.25) is 0 Å². The van der Waals surface area contributed by atoms with Gasteiger partial charge in [0, 0.05) is 10.0 Å². The van der Waals surface area contributed by atoms with E-state index in [0.29, 0.717) is 16.6 Å². The van der Waals surface area contributed by atoms with Crippen LogP contribution in [0.1, 0.15) is 11.7 Å². The van der Waals surface area contributed by atoms with Crippen LogP contribution in [0, 0.1) is 0 Å². The largest absolute Gasteiger partial charge is 0.482 e. The van der Waals surface area contributed by atoms with Crippen molar-refractivity contribution in [1.82, 2.24) is 0 Å². The molecular weight excluding hydrogens is 349 g/mol. The average molecular weight is 359 g/mol. The van der Waals surface area contributed by atoms with Gasteiger partial charge < -0.3 is 10.1 Å². The lowest BCUT2D eigenvalue weighted by molar-refractivity contribution is 0.210. The minimum absolute atomic E-state index is 0.139. The van der Waals surface area contributed by atoms with Crippen LogP contribution in [0.3, 0.4) is 0 Å². The fourth-order valence-electron chi connectivity index (χ4n) is 2.08. The number of hydrogen-bond acceptors (Lipinski definition) is 2. The quantitative estimate of drug-likeness (QED) is 0.746. The Bertz CT molecular complexity index is 633. The van der Waals surface area contributed by atoms with Crippen LogP contribution >= 0.6 is 39.1 Å². The summed E-state index contributed by atoms with van der Waals surface area (Å²) in [5, 5.41) is 4.44. The Kier molecular flexibility index (Phi) is 3.61. The van der Waals surface area contributed by atoms with Gasteiger partial charge in [-0.2, -0.15) is 0 Å². The normalized spacial score (nSPS) is 17.3. The predicted octanol–water partition coefficient (Wildman–Crippen LogP) is 5.30. The second-order valence-corrected chi connectivity index (χ2v) is 5.97. The highest BCUT2D eigenvalue weighted by molar-refractivity contribution is 9.10. The van der Waals surface area contributed by atoms with Gasteiger partial charge >= 0.3 is 0 Å². The van der Waals surface area contributed by atoms with Crippen molar-refractivity contribution in [1.29, 1.82) is 0 Å². The molecule has 1 heterocycles. The van der Waals surface area contributed by atoms with E-state index < -0.39 is 0 Å². The third-order valence-corrected chi connectivity index (χ3v) is 4.34. The molecule has 2 aromatic carbocycles. The maximum Gasteiger partial charge on any atom is 0.143 e. The van der Waals surface area contributed by atoms with Gasteiger partial charge in [-0.1, -0.05) is 51.3 Å². The summed E-state index contributed by atoms with van der Waals surface area (Å²) in [6.07, 6.45) is -0.139. The average Bonchev–Trinajstić information content (AvgIpc) is 2.41. The summed E-state index contributed by atoms with van der Waals surface area (Å²) < 4.78 is 7.00. The van der Waals surface area contributed by atoms with E-state index >= 15 is 0 Å². The molecule has 0 aromatic heterocycles. The van der Waals surface area contributed by atoms with Crippen LogP contribution in [-0.4, -0.2) is 6.54 Å². The van der Waals surface area contributed by atoms with Gasteiger partial charge in [-0.15, -0.1) is 0 Å². The Morgan fingerprint density at radius 3 is 2.89 bits per heavy atom. The molecule has 19 heavy (non-hydrogen) atoms. The van der Waals surface area contributed by atoms with E-state index in [1.807, 2.05) is 30.3 Å². The Labute approximate surface area is 129 Å². The summed E-state index contributed by atoms with van der Waals surface area (Å²) in [7, 11) is 0. The van der Waals surface area contributed by atoms with E-state index in [4.69, 9.17) is 27.9 Å². The Morgan fingerprint density at radius 2 is 2.05 bits per heavy atom. The van der Waals surface area contributed by atoms with Gasteiger partial charge in [-0.3, -0.25) is 0 Å². The van der Waals surface area contributed by atoms with Crippen LogP contribution in [0.5, 0.6) is 5.75 Å². The maximum atomic E-state index is 6.23. The first kappa shape index (κ1) is 13.1. The number of benzene rings is 2. The third-order valence-electron chi connectivity index (χ3n) is 3.02. The number of fused-ring (bicyclic) bond motifs is 1. The molecule has 0 radical (unpaired) electrons. The highest BCUT2D eigenvalue weighted by atomic mass is 79.9. The first-order valence-electron chi connectivity index (χ1n) is 5.79. The maximum absolute atomic E-state index is 6.23. The minimum Gasteiger partial charge on any atom is -0.482 e. The summed E-state index contributed by atoms with van der Waals surface area (Å²) in [5.41, 5.74) is 1.87. The molecule has 2 aromatic rings. The molecule has 0 saturated heterocycles. The molecule has 1 aliphatic rings. The fraction of sp³-hybridized carbons (Fsp3) is 0.143. The summed E-state index contributed by atoms with van der Waals surface area (Å²) in [5.74, 6) is 0.815. The first-order chi connectivity index (χ1) is 9.15. The first-order valence-corrected chi connectivity index (χ1v) is 7.34. The number of ether oxygens (including phenoxy) is 1. The Morgan fingerprint density at radius 1 is 1.21 bits per heavy atom. The van der Waals surface area contributed by atoms with Crippen LogP contribution in [0.25, 0.3) is 0 Å². The molecule has 0 bridgehead atoms. The summed E-state index contributed by atoms with van der Waals surface area (Å²) in [6, 6.07) is 11.5. The molecule has 2 nitrogen and oxygen atoms in total. The zero-order chi connectivity index (χ0) is 13.4. The van der Waals surface area contributed by atoms with E-state index in [0.717, 1.165) is 21.5 Å². The van der Waals surface area contributed by atoms with Crippen molar-refractivity contribution in [3.05, 3.63) is 56.5 Å². The van der Waals surface area contributed by atoms with Crippen LogP contribution in [0.2, 0.25) is 10.0 Å². The van der Waals surface area contributed by atoms with E-state index in [-0.39, 0.29) is 6.10 Å². The molecule has 0 saturated carbocycles. The third kappa shape index (κ3) is 2.55. The summed E-state index contributed by atoms with van der Waals surface area (Å²) in [6.45, 7) is 0.656. The molecule has 1 unspecified atom stereocenters. The van der Waals surface area contributed by atoms with Crippen molar-refractivity contribution in [3.63, 3.8) is 0 Å². The lowest BCUT2D eigenvalue weighted by atomic mass is 10.1.